The monoisotopic (exact) mass is 353 g/mol. The number of hydrogen-bond donors (Lipinski definition) is 1. The van der Waals surface area contributed by atoms with Gasteiger partial charge in [-0.25, -0.2) is 9.36 Å². The molecule has 7 heteroatoms. The summed E-state index contributed by atoms with van der Waals surface area (Å²) in [4.78, 5) is 24.7. The summed E-state index contributed by atoms with van der Waals surface area (Å²) in [7, 11) is 0. The highest BCUT2D eigenvalue weighted by atomic mass is 16.2. The van der Waals surface area contributed by atoms with Crippen LogP contribution in [0.5, 0.6) is 0 Å². The molecule has 2 heterocycles. The van der Waals surface area contributed by atoms with Crippen LogP contribution in [-0.2, 0) is 11.3 Å². The molecule has 0 aliphatic carbocycles. The van der Waals surface area contributed by atoms with Crippen molar-refractivity contribution in [3.05, 3.63) is 51.6 Å². The molecule has 0 aliphatic heterocycles. The molecule has 2 aromatic heterocycles. The zero-order valence-corrected chi connectivity index (χ0v) is 15.5. The van der Waals surface area contributed by atoms with Crippen molar-refractivity contribution in [2.75, 3.05) is 6.54 Å². The summed E-state index contributed by atoms with van der Waals surface area (Å²) < 4.78 is 2.94. The largest absolute Gasteiger partial charge is 0.355 e. The van der Waals surface area contributed by atoms with Crippen LogP contribution in [0.4, 0.5) is 0 Å². The number of aromatic nitrogens is 4. The van der Waals surface area contributed by atoms with Gasteiger partial charge < -0.3 is 5.32 Å². The Morgan fingerprint density at radius 2 is 1.81 bits per heavy atom. The maximum Gasteiger partial charge on any atom is 0.295 e. The lowest BCUT2D eigenvalue weighted by atomic mass is 10.2. The van der Waals surface area contributed by atoms with Crippen LogP contribution in [0.25, 0.3) is 16.6 Å². The van der Waals surface area contributed by atoms with Gasteiger partial charge >= 0.3 is 0 Å². The molecule has 0 bridgehead atoms. The molecular weight excluding hydrogens is 330 g/mol. The van der Waals surface area contributed by atoms with Crippen molar-refractivity contribution in [3.63, 3.8) is 0 Å². The van der Waals surface area contributed by atoms with E-state index in [1.807, 2.05) is 52.0 Å². The molecule has 1 amide bonds. The minimum Gasteiger partial charge on any atom is -0.355 e. The zero-order valence-electron chi connectivity index (χ0n) is 15.5. The number of nitrogens with zero attached hydrogens (tertiary/aromatic N) is 4. The fourth-order valence-electron chi connectivity index (χ4n) is 2.98. The van der Waals surface area contributed by atoms with Gasteiger partial charge in [-0.05, 0) is 39.3 Å². The van der Waals surface area contributed by atoms with Gasteiger partial charge in [0.1, 0.15) is 6.54 Å². The van der Waals surface area contributed by atoms with E-state index in [9.17, 15) is 9.59 Å². The molecule has 3 aromatic rings. The standard InChI is InChI=1S/C19H23N5O2/c1-5-10-20-16(25)11-23-19(26)18-17(13(3)21-23)14(4)24(22-18)15-8-6-12(2)7-9-15/h6-9H,5,10-11H2,1-4H3,(H,20,25). The second-order valence-corrected chi connectivity index (χ2v) is 6.45. The minimum atomic E-state index is -0.355. The lowest BCUT2D eigenvalue weighted by molar-refractivity contribution is -0.121. The highest BCUT2D eigenvalue weighted by Crippen LogP contribution is 2.21. The van der Waals surface area contributed by atoms with Gasteiger partial charge in [-0.3, -0.25) is 9.59 Å². The van der Waals surface area contributed by atoms with Crippen LogP contribution >= 0.6 is 0 Å². The van der Waals surface area contributed by atoms with Gasteiger partial charge in [0, 0.05) is 6.54 Å². The zero-order chi connectivity index (χ0) is 18.8. The molecule has 1 N–H and O–H groups in total. The molecule has 3 rings (SSSR count). The van der Waals surface area contributed by atoms with Crippen molar-refractivity contribution < 1.29 is 4.79 Å². The first-order valence-electron chi connectivity index (χ1n) is 8.73. The maximum absolute atomic E-state index is 12.8. The molecule has 0 spiro atoms. The number of rotatable bonds is 5. The van der Waals surface area contributed by atoms with Crippen molar-refractivity contribution in [3.8, 4) is 5.69 Å². The van der Waals surface area contributed by atoms with Crippen LogP contribution in [0, 0.1) is 20.8 Å². The third-order valence-electron chi connectivity index (χ3n) is 4.33. The Kier molecular flexibility index (Phi) is 4.88. The van der Waals surface area contributed by atoms with E-state index in [1.54, 1.807) is 4.68 Å². The number of carbonyl (C=O) groups excluding carboxylic acids is 1. The minimum absolute atomic E-state index is 0.105. The number of amides is 1. The van der Waals surface area contributed by atoms with Gasteiger partial charge in [-0.1, -0.05) is 24.6 Å². The van der Waals surface area contributed by atoms with E-state index in [-0.39, 0.29) is 18.0 Å². The summed E-state index contributed by atoms with van der Waals surface area (Å²) >= 11 is 0. The SMILES string of the molecule is CCCNC(=O)Cn1nc(C)c2c(C)n(-c3ccc(C)cc3)nc2c1=O. The number of nitrogens with one attached hydrogen (secondary N) is 1. The number of benzene rings is 1. The van der Waals surface area contributed by atoms with Crippen LogP contribution < -0.4 is 10.9 Å². The van der Waals surface area contributed by atoms with E-state index in [1.165, 1.54) is 4.68 Å². The van der Waals surface area contributed by atoms with Crippen molar-refractivity contribution in [2.24, 2.45) is 0 Å². The molecule has 1 aromatic carbocycles. The third kappa shape index (κ3) is 3.24. The van der Waals surface area contributed by atoms with Crippen LogP contribution in [0.2, 0.25) is 0 Å². The normalized spacial score (nSPS) is 11.1. The first kappa shape index (κ1) is 17.8. The first-order chi connectivity index (χ1) is 12.4. The van der Waals surface area contributed by atoms with E-state index in [2.05, 4.69) is 15.5 Å². The Hall–Kier alpha value is -2.96. The van der Waals surface area contributed by atoms with Gasteiger partial charge in [0.25, 0.3) is 5.56 Å². The van der Waals surface area contributed by atoms with Gasteiger partial charge in [0.2, 0.25) is 5.91 Å². The number of aryl methyl sites for hydroxylation is 3. The van der Waals surface area contributed by atoms with Crippen molar-refractivity contribution >= 4 is 16.8 Å². The van der Waals surface area contributed by atoms with Crippen molar-refractivity contribution in [1.29, 1.82) is 0 Å². The second-order valence-electron chi connectivity index (χ2n) is 6.45. The second kappa shape index (κ2) is 7.11. The van der Waals surface area contributed by atoms with Crippen LogP contribution in [0.15, 0.2) is 29.1 Å². The predicted octanol–water partition coefficient (Wildman–Crippen LogP) is 2.03. The van der Waals surface area contributed by atoms with Gasteiger partial charge in [-0.2, -0.15) is 10.2 Å². The Labute approximate surface area is 151 Å². The van der Waals surface area contributed by atoms with E-state index in [4.69, 9.17) is 0 Å². The molecule has 26 heavy (non-hydrogen) atoms. The Bertz CT molecular complexity index is 1020. The highest BCUT2D eigenvalue weighted by molar-refractivity contribution is 5.83. The molecule has 7 nitrogen and oxygen atoms in total. The Morgan fingerprint density at radius 3 is 2.46 bits per heavy atom. The average Bonchev–Trinajstić information content (AvgIpc) is 2.96. The average molecular weight is 353 g/mol. The van der Waals surface area contributed by atoms with Gasteiger partial charge in [-0.15, -0.1) is 0 Å². The summed E-state index contributed by atoms with van der Waals surface area (Å²) in [5, 5.41) is 12.3. The molecule has 0 aliphatic rings. The van der Waals surface area contributed by atoms with Crippen molar-refractivity contribution in [1.82, 2.24) is 24.9 Å². The molecule has 0 radical (unpaired) electrons. The summed E-state index contributed by atoms with van der Waals surface area (Å²) in [5.41, 5.74) is 3.55. The Balaban J connectivity index is 2.08. The molecule has 0 saturated carbocycles. The first-order valence-corrected chi connectivity index (χ1v) is 8.73. The smallest absolute Gasteiger partial charge is 0.295 e. The maximum atomic E-state index is 12.8. The Morgan fingerprint density at radius 1 is 1.12 bits per heavy atom. The topological polar surface area (TPSA) is 81.8 Å². The number of carbonyl (C=O) groups is 1. The summed E-state index contributed by atoms with van der Waals surface area (Å²) in [6.07, 6.45) is 0.840. The van der Waals surface area contributed by atoms with E-state index in [0.717, 1.165) is 28.8 Å². The number of fused-ring (bicyclic) bond motifs is 1. The fraction of sp³-hybridized carbons (Fsp3) is 0.368. The van der Waals surface area contributed by atoms with Crippen LogP contribution in [-0.4, -0.2) is 32.0 Å². The molecule has 136 valence electrons. The molecule has 0 saturated heterocycles. The predicted molar refractivity (Wildman–Crippen MR) is 101 cm³/mol. The fourth-order valence-corrected chi connectivity index (χ4v) is 2.98. The summed E-state index contributed by atoms with van der Waals surface area (Å²) in [5.74, 6) is -0.227. The van der Waals surface area contributed by atoms with E-state index in [0.29, 0.717) is 17.8 Å². The van der Waals surface area contributed by atoms with E-state index < -0.39 is 0 Å². The molecule has 0 fully saturated rings. The van der Waals surface area contributed by atoms with Crippen LogP contribution in [0.1, 0.15) is 30.3 Å². The highest BCUT2D eigenvalue weighted by Gasteiger charge is 2.18. The van der Waals surface area contributed by atoms with Crippen LogP contribution in [0.3, 0.4) is 0 Å². The molecular formula is C19H23N5O2. The van der Waals surface area contributed by atoms with E-state index >= 15 is 0 Å². The van der Waals surface area contributed by atoms with Gasteiger partial charge in [0.15, 0.2) is 5.52 Å². The van der Waals surface area contributed by atoms with Gasteiger partial charge in [0.05, 0.1) is 22.5 Å². The third-order valence-corrected chi connectivity index (χ3v) is 4.33. The molecule has 0 unspecified atom stereocenters. The summed E-state index contributed by atoms with van der Waals surface area (Å²) in [6.45, 7) is 8.22. The number of hydrogen-bond acceptors (Lipinski definition) is 4. The lowest BCUT2D eigenvalue weighted by Gasteiger charge is -2.07. The molecule has 0 atom stereocenters. The lowest BCUT2D eigenvalue weighted by Crippen LogP contribution is -2.34. The van der Waals surface area contributed by atoms with Crippen molar-refractivity contribution in [2.45, 2.75) is 40.7 Å². The quantitative estimate of drug-likeness (QED) is 0.761. The summed E-state index contributed by atoms with van der Waals surface area (Å²) in [6, 6.07) is 7.94.